The molecular formula is C25H22ClN3O4. The summed E-state index contributed by atoms with van der Waals surface area (Å²) in [5, 5.41) is 0.597. The highest BCUT2D eigenvalue weighted by molar-refractivity contribution is 6.30. The number of ether oxygens (including phenoxy) is 2. The Morgan fingerprint density at radius 1 is 1.00 bits per heavy atom. The lowest BCUT2D eigenvalue weighted by atomic mass is 9.96. The molecule has 7 nitrogen and oxygen atoms in total. The highest BCUT2D eigenvalue weighted by Gasteiger charge is 2.29. The predicted octanol–water partition coefficient (Wildman–Crippen LogP) is 4.12. The Balaban J connectivity index is 1.70. The van der Waals surface area contributed by atoms with E-state index in [4.69, 9.17) is 21.1 Å². The minimum atomic E-state index is -0.478. The Morgan fingerprint density at radius 2 is 1.70 bits per heavy atom. The summed E-state index contributed by atoms with van der Waals surface area (Å²) in [4.78, 5) is 36.5. The van der Waals surface area contributed by atoms with Crippen LogP contribution in [0.3, 0.4) is 0 Å². The molecule has 33 heavy (non-hydrogen) atoms. The van der Waals surface area contributed by atoms with Crippen molar-refractivity contribution >= 4 is 35.0 Å². The first-order valence-electron chi connectivity index (χ1n) is 10.3. The van der Waals surface area contributed by atoms with E-state index in [-0.39, 0.29) is 36.3 Å². The molecule has 1 atom stereocenters. The summed E-state index contributed by atoms with van der Waals surface area (Å²) in [6.07, 6.45) is 7.16. The highest BCUT2D eigenvalue weighted by Crippen LogP contribution is 2.30. The van der Waals surface area contributed by atoms with Gasteiger partial charge in [-0.15, -0.1) is 0 Å². The maximum absolute atomic E-state index is 13.7. The van der Waals surface area contributed by atoms with E-state index in [1.54, 1.807) is 53.5 Å². The van der Waals surface area contributed by atoms with Gasteiger partial charge in [-0.25, -0.2) is 4.99 Å². The van der Waals surface area contributed by atoms with Crippen LogP contribution in [0.15, 0.2) is 76.8 Å². The molecule has 1 unspecified atom stereocenters. The summed E-state index contributed by atoms with van der Waals surface area (Å²) in [6.45, 7) is 0.274. The van der Waals surface area contributed by atoms with Crippen molar-refractivity contribution in [1.29, 1.82) is 0 Å². The lowest BCUT2D eigenvalue weighted by molar-refractivity contribution is -0.118. The van der Waals surface area contributed by atoms with E-state index in [9.17, 15) is 9.59 Å². The van der Waals surface area contributed by atoms with Crippen LogP contribution >= 0.6 is 11.6 Å². The van der Waals surface area contributed by atoms with Crippen molar-refractivity contribution in [3.63, 3.8) is 0 Å². The maximum atomic E-state index is 13.7. The fourth-order valence-corrected chi connectivity index (χ4v) is 3.82. The number of halogens is 1. The fourth-order valence-electron chi connectivity index (χ4n) is 3.69. The van der Waals surface area contributed by atoms with Crippen molar-refractivity contribution in [2.75, 3.05) is 20.8 Å². The number of carbonyl (C=O) groups excluding carboxylic acids is 2. The number of methoxy groups -OCH3 is 2. The van der Waals surface area contributed by atoms with Crippen LogP contribution in [0.2, 0.25) is 5.02 Å². The zero-order chi connectivity index (χ0) is 23.4. The third kappa shape index (κ3) is 4.88. The molecule has 1 heterocycles. The van der Waals surface area contributed by atoms with Crippen molar-refractivity contribution in [3.05, 3.63) is 82.9 Å². The number of nitrogens with zero attached hydrogens (tertiary/aromatic N) is 3. The second-order valence-electron chi connectivity index (χ2n) is 7.45. The van der Waals surface area contributed by atoms with Gasteiger partial charge in [-0.1, -0.05) is 48.0 Å². The van der Waals surface area contributed by atoms with Gasteiger partial charge in [-0.05, 0) is 35.9 Å². The molecule has 0 bridgehead atoms. The zero-order valence-corrected chi connectivity index (χ0v) is 19.0. The monoisotopic (exact) mass is 463 g/mol. The Bertz CT molecular complexity index is 1180. The van der Waals surface area contributed by atoms with Gasteiger partial charge in [-0.2, -0.15) is 4.99 Å². The number of aliphatic imine (C=N–C) groups is 2. The molecule has 0 saturated heterocycles. The average molecular weight is 464 g/mol. The molecule has 0 fully saturated rings. The lowest BCUT2D eigenvalue weighted by Gasteiger charge is -2.26. The molecule has 2 amide bonds. The average Bonchev–Trinajstić information content (AvgIpc) is 2.84. The van der Waals surface area contributed by atoms with Gasteiger partial charge in [0.25, 0.3) is 11.8 Å². The normalized spacial score (nSPS) is 16.6. The number of hydrogen-bond donors (Lipinski definition) is 0. The first kappa shape index (κ1) is 22.5. The minimum absolute atomic E-state index is 0.0299. The molecule has 8 heteroatoms. The third-order valence-electron chi connectivity index (χ3n) is 5.31. The lowest BCUT2D eigenvalue weighted by Crippen LogP contribution is -2.38. The van der Waals surface area contributed by atoms with Gasteiger partial charge >= 0.3 is 0 Å². The molecule has 0 saturated carbocycles. The van der Waals surface area contributed by atoms with Crippen LogP contribution < -0.4 is 9.47 Å². The van der Waals surface area contributed by atoms with Crippen LogP contribution in [0.4, 0.5) is 0 Å². The van der Waals surface area contributed by atoms with Gasteiger partial charge < -0.3 is 14.4 Å². The first-order valence-corrected chi connectivity index (χ1v) is 10.7. The summed E-state index contributed by atoms with van der Waals surface area (Å²) in [5.41, 5.74) is 1.75. The quantitative estimate of drug-likeness (QED) is 0.618. The molecule has 168 valence electrons. The van der Waals surface area contributed by atoms with Crippen LogP contribution in [0.5, 0.6) is 11.5 Å². The number of benzene rings is 2. The topological polar surface area (TPSA) is 80.6 Å². The third-order valence-corrected chi connectivity index (χ3v) is 5.56. The Hall–Kier alpha value is -3.71. The molecule has 0 spiro atoms. The largest absolute Gasteiger partial charge is 0.496 e. The van der Waals surface area contributed by atoms with Crippen molar-refractivity contribution in [2.24, 2.45) is 15.9 Å². The molecule has 0 N–H and O–H groups in total. The number of amidine groups is 1. The van der Waals surface area contributed by atoms with Gasteiger partial charge in [0.2, 0.25) is 0 Å². The summed E-state index contributed by atoms with van der Waals surface area (Å²) in [5.74, 6) is -0.0845. The molecular weight excluding hydrogens is 442 g/mol. The van der Waals surface area contributed by atoms with Gasteiger partial charge in [0, 0.05) is 11.6 Å². The van der Waals surface area contributed by atoms with Crippen LogP contribution in [-0.4, -0.2) is 49.0 Å². The van der Waals surface area contributed by atoms with E-state index >= 15 is 0 Å². The second-order valence-corrected chi connectivity index (χ2v) is 7.89. The summed E-state index contributed by atoms with van der Waals surface area (Å²) in [7, 11) is 2.99. The molecule has 0 radical (unpaired) electrons. The summed E-state index contributed by atoms with van der Waals surface area (Å²) in [6, 6.07) is 12.3. The fraction of sp³-hybridized carbons (Fsp3) is 0.200. The van der Waals surface area contributed by atoms with E-state index in [2.05, 4.69) is 9.98 Å². The van der Waals surface area contributed by atoms with Crippen molar-refractivity contribution in [2.45, 2.75) is 6.54 Å². The Morgan fingerprint density at radius 3 is 2.36 bits per heavy atom. The van der Waals surface area contributed by atoms with Gasteiger partial charge in [0.15, 0.2) is 5.84 Å². The summed E-state index contributed by atoms with van der Waals surface area (Å²) < 4.78 is 10.9. The van der Waals surface area contributed by atoms with Crippen LogP contribution in [-0.2, 0) is 11.3 Å². The number of hydrogen-bond acceptors (Lipinski definition) is 5. The van der Waals surface area contributed by atoms with Gasteiger partial charge in [0.1, 0.15) is 23.0 Å². The van der Waals surface area contributed by atoms with Gasteiger partial charge in [0.05, 0.1) is 26.5 Å². The smallest absolute Gasteiger partial charge is 0.262 e. The van der Waals surface area contributed by atoms with Gasteiger partial charge in [-0.3, -0.25) is 9.59 Å². The van der Waals surface area contributed by atoms with Crippen LogP contribution in [0.25, 0.3) is 0 Å². The number of amides is 2. The minimum Gasteiger partial charge on any atom is -0.496 e. The first-order chi connectivity index (χ1) is 16.0. The molecule has 4 rings (SSSR count). The van der Waals surface area contributed by atoms with E-state index < -0.39 is 5.92 Å². The van der Waals surface area contributed by atoms with Crippen LogP contribution in [0.1, 0.15) is 15.9 Å². The SMILES string of the molecule is COc1cccc(OC)c1C(=O)N(CC1=NC(=O)C2C=CC=CC2=N1)Cc1ccc(Cl)cc1. The second kappa shape index (κ2) is 9.83. The highest BCUT2D eigenvalue weighted by atomic mass is 35.5. The molecule has 2 aromatic rings. The zero-order valence-electron chi connectivity index (χ0n) is 18.2. The number of carbonyl (C=O) groups is 2. The number of allylic oxidation sites excluding steroid dienone is 3. The van der Waals surface area contributed by atoms with Crippen LogP contribution in [0, 0.1) is 5.92 Å². The molecule has 1 aliphatic heterocycles. The van der Waals surface area contributed by atoms with E-state index in [1.807, 2.05) is 18.2 Å². The Labute approximate surface area is 196 Å². The molecule has 2 aromatic carbocycles. The van der Waals surface area contributed by atoms with E-state index in [0.29, 0.717) is 22.2 Å². The van der Waals surface area contributed by atoms with E-state index in [1.165, 1.54) is 14.2 Å². The predicted molar refractivity (Wildman–Crippen MR) is 127 cm³/mol. The molecule has 0 aromatic heterocycles. The number of fused-ring (bicyclic) bond motifs is 1. The van der Waals surface area contributed by atoms with Crippen molar-refractivity contribution in [1.82, 2.24) is 4.90 Å². The van der Waals surface area contributed by atoms with Crippen molar-refractivity contribution < 1.29 is 19.1 Å². The standard InChI is InChI=1S/C25H22ClN3O4/c1-32-20-8-5-9-21(33-2)23(20)25(31)29(14-16-10-12-17(26)13-11-16)15-22-27-19-7-4-3-6-18(19)24(30)28-22/h3-13,18H,14-15H2,1-2H3. The molecule has 1 aliphatic carbocycles. The number of rotatable bonds is 7. The maximum Gasteiger partial charge on any atom is 0.262 e. The van der Waals surface area contributed by atoms with E-state index in [0.717, 1.165) is 5.56 Å². The van der Waals surface area contributed by atoms with Crippen molar-refractivity contribution in [3.8, 4) is 11.5 Å². The molecule has 2 aliphatic rings. The summed E-state index contributed by atoms with van der Waals surface area (Å²) >= 11 is 6.02. The Kier molecular flexibility index (Phi) is 6.70.